The van der Waals surface area contributed by atoms with Crippen LogP contribution in [0.5, 0.6) is 0 Å². The van der Waals surface area contributed by atoms with E-state index in [0.717, 1.165) is 19.5 Å². The molecule has 0 fully saturated rings. The molecular weight excluding hydrogens is 220 g/mol. The minimum atomic E-state index is -0.858. The second-order valence-corrected chi connectivity index (χ2v) is 3.96. The van der Waals surface area contributed by atoms with Gasteiger partial charge in [0.1, 0.15) is 0 Å². The second-order valence-electron chi connectivity index (χ2n) is 3.96. The molecule has 0 spiro atoms. The molecule has 3 N–H and O–H groups in total. The highest BCUT2D eigenvalue weighted by Crippen LogP contribution is 1.94. The lowest BCUT2D eigenvalue weighted by Gasteiger charge is -2.13. The van der Waals surface area contributed by atoms with E-state index in [1.807, 2.05) is 6.20 Å². The summed E-state index contributed by atoms with van der Waals surface area (Å²) in [5.74, 6) is -0.936. The van der Waals surface area contributed by atoms with Gasteiger partial charge in [0.05, 0.1) is 25.8 Å². The number of carboxylic acids is 1. The number of carbonyl (C=O) groups is 2. The second kappa shape index (κ2) is 9.84. The Bertz CT molecular complexity index is 254. The Morgan fingerprint density at radius 1 is 1.35 bits per heavy atom. The first-order valence-corrected chi connectivity index (χ1v) is 6.05. The highest BCUT2D eigenvalue weighted by molar-refractivity contribution is 5.76. The minimum Gasteiger partial charge on any atom is -0.481 e. The van der Waals surface area contributed by atoms with Crippen molar-refractivity contribution in [2.24, 2.45) is 0 Å². The molecule has 0 aromatic heterocycles. The predicted molar refractivity (Wildman–Crippen MR) is 65.7 cm³/mol. The van der Waals surface area contributed by atoms with Gasteiger partial charge in [-0.25, -0.2) is 0 Å². The Hall–Kier alpha value is -1.36. The molecule has 0 radical (unpaired) electrons. The van der Waals surface area contributed by atoms with Gasteiger partial charge in [-0.1, -0.05) is 6.92 Å². The summed E-state index contributed by atoms with van der Waals surface area (Å²) < 4.78 is 0. The van der Waals surface area contributed by atoms with Gasteiger partial charge in [-0.3, -0.25) is 9.59 Å². The van der Waals surface area contributed by atoms with Gasteiger partial charge in [0.25, 0.3) is 0 Å². The van der Waals surface area contributed by atoms with Crippen molar-refractivity contribution >= 4 is 11.9 Å². The molecule has 1 unspecified atom stereocenters. The average molecular weight is 243 g/mol. The molecule has 0 bridgehead atoms. The average Bonchev–Trinajstić information content (AvgIpc) is 2.27. The van der Waals surface area contributed by atoms with E-state index in [0.29, 0.717) is 13.0 Å². The Morgan fingerprint density at radius 2 is 2.06 bits per heavy atom. The minimum absolute atomic E-state index is 0.0489. The van der Waals surface area contributed by atoms with Crippen LogP contribution in [0.2, 0.25) is 0 Å². The first-order valence-electron chi connectivity index (χ1n) is 6.05. The highest BCUT2D eigenvalue weighted by atomic mass is 16.4. The summed E-state index contributed by atoms with van der Waals surface area (Å²) in [7, 11) is 0. The zero-order valence-corrected chi connectivity index (χ0v) is 10.5. The molecular formula is C12H23N2O3+. The summed E-state index contributed by atoms with van der Waals surface area (Å²) in [4.78, 5) is 22.8. The molecule has 0 aliphatic rings. The standard InChI is InChI=1S/C12H22N2O3/c1-3-9-14(4-2)10-8-13-11(15)6-5-7-12(16)17/h4H,2-3,5-10H2,1H3,(H,13,15)(H,16,17)/p+1. The molecule has 0 rings (SSSR count). The molecule has 0 aliphatic heterocycles. The maximum absolute atomic E-state index is 11.3. The summed E-state index contributed by atoms with van der Waals surface area (Å²) in [6.07, 6.45) is 3.65. The Balaban J connectivity index is 3.55. The number of aliphatic carboxylic acids is 1. The highest BCUT2D eigenvalue weighted by Gasteiger charge is 2.05. The van der Waals surface area contributed by atoms with Crippen molar-refractivity contribution in [2.75, 3.05) is 19.6 Å². The van der Waals surface area contributed by atoms with Crippen LogP contribution in [0.4, 0.5) is 0 Å². The largest absolute Gasteiger partial charge is 0.481 e. The SMILES string of the molecule is C=C[NH+](CCC)CCNC(=O)CCCC(=O)O. The number of rotatable bonds is 10. The normalized spacial score (nSPS) is 11.8. The van der Waals surface area contributed by atoms with Crippen molar-refractivity contribution in [1.29, 1.82) is 0 Å². The summed E-state index contributed by atoms with van der Waals surface area (Å²) in [5, 5.41) is 11.2. The zero-order chi connectivity index (χ0) is 13.1. The molecule has 17 heavy (non-hydrogen) atoms. The molecule has 5 nitrogen and oxygen atoms in total. The third-order valence-corrected chi connectivity index (χ3v) is 2.42. The number of quaternary nitrogens is 1. The lowest BCUT2D eigenvalue weighted by molar-refractivity contribution is -0.845. The van der Waals surface area contributed by atoms with Gasteiger partial charge < -0.3 is 15.3 Å². The number of hydrogen-bond donors (Lipinski definition) is 3. The maximum atomic E-state index is 11.3. The summed E-state index contributed by atoms with van der Waals surface area (Å²) in [5.41, 5.74) is 0. The number of hydrogen-bond acceptors (Lipinski definition) is 2. The van der Waals surface area contributed by atoms with E-state index in [9.17, 15) is 9.59 Å². The Kier molecular flexibility index (Phi) is 9.05. The maximum Gasteiger partial charge on any atom is 0.303 e. The monoisotopic (exact) mass is 243 g/mol. The van der Waals surface area contributed by atoms with Crippen LogP contribution in [0.3, 0.4) is 0 Å². The lowest BCUT2D eigenvalue weighted by Crippen LogP contribution is -3.08. The molecule has 1 atom stereocenters. The molecule has 0 saturated carbocycles. The number of carbonyl (C=O) groups excluding carboxylic acids is 1. The third-order valence-electron chi connectivity index (χ3n) is 2.42. The molecule has 1 amide bonds. The molecule has 0 saturated heterocycles. The van der Waals surface area contributed by atoms with E-state index in [-0.39, 0.29) is 18.7 Å². The van der Waals surface area contributed by atoms with Crippen LogP contribution >= 0.6 is 0 Å². The zero-order valence-electron chi connectivity index (χ0n) is 10.5. The van der Waals surface area contributed by atoms with Crippen LogP contribution in [0.25, 0.3) is 0 Å². The van der Waals surface area contributed by atoms with E-state index in [4.69, 9.17) is 5.11 Å². The van der Waals surface area contributed by atoms with E-state index >= 15 is 0 Å². The van der Waals surface area contributed by atoms with Crippen molar-refractivity contribution in [1.82, 2.24) is 5.32 Å². The van der Waals surface area contributed by atoms with Crippen molar-refractivity contribution < 1.29 is 19.6 Å². The van der Waals surface area contributed by atoms with Gasteiger partial charge in [0, 0.05) is 12.8 Å². The van der Waals surface area contributed by atoms with E-state index in [2.05, 4.69) is 18.8 Å². The molecule has 0 heterocycles. The third kappa shape index (κ3) is 9.56. The van der Waals surface area contributed by atoms with Crippen LogP contribution in [-0.4, -0.2) is 36.6 Å². The van der Waals surface area contributed by atoms with Crippen LogP contribution in [0.15, 0.2) is 12.8 Å². The quantitative estimate of drug-likeness (QED) is 0.497. The Morgan fingerprint density at radius 3 is 2.59 bits per heavy atom. The van der Waals surface area contributed by atoms with E-state index in [1.165, 1.54) is 4.90 Å². The number of amides is 1. The molecule has 0 aliphatic carbocycles. The van der Waals surface area contributed by atoms with E-state index in [1.54, 1.807) is 0 Å². The Labute approximate surface area is 102 Å². The van der Waals surface area contributed by atoms with Crippen LogP contribution < -0.4 is 10.2 Å². The molecule has 5 heteroatoms. The first-order chi connectivity index (χ1) is 8.10. The van der Waals surface area contributed by atoms with Crippen molar-refractivity contribution in [3.8, 4) is 0 Å². The van der Waals surface area contributed by atoms with Gasteiger partial charge in [-0.2, -0.15) is 0 Å². The van der Waals surface area contributed by atoms with Gasteiger partial charge in [-0.05, 0) is 19.4 Å². The van der Waals surface area contributed by atoms with Gasteiger partial charge in [0.2, 0.25) is 5.91 Å². The first kappa shape index (κ1) is 15.6. The summed E-state index contributed by atoms with van der Waals surface area (Å²) >= 11 is 0. The van der Waals surface area contributed by atoms with Crippen LogP contribution in [0.1, 0.15) is 32.6 Å². The summed E-state index contributed by atoms with van der Waals surface area (Å²) in [6, 6.07) is 0. The number of carboxylic acid groups (broad SMARTS) is 1. The van der Waals surface area contributed by atoms with Gasteiger partial charge >= 0.3 is 5.97 Å². The lowest BCUT2D eigenvalue weighted by atomic mass is 10.2. The topological polar surface area (TPSA) is 70.8 Å². The molecule has 0 aromatic carbocycles. The van der Waals surface area contributed by atoms with Crippen molar-refractivity contribution in [2.45, 2.75) is 32.6 Å². The summed E-state index contributed by atoms with van der Waals surface area (Å²) in [6.45, 7) is 8.27. The predicted octanol–water partition coefficient (Wildman–Crippen LogP) is -0.204. The number of nitrogens with one attached hydrogen (secondary N) is 2. The van der Waals surface area contributed by atoms with Crippen molar-refractivity contribution in [3.05, 3.63) is 12.8 Å². The van der Waals surface area contributed by atoms with Crippen molar-refractivity contribution in [3.63, 3.8) is 0 Å². The molecule has 0 aromatic rings. The van der Waals surface area contributed by atoms with Crippen LogP contribution in [0, 0.1) is 0 Å². The smallest absolute Gasteiger partial charge is 0.303 e. The van der Waals surface area contributed by atoms with Gasteiger partial charge in [-0.15, -0.1) is 0 Å². The van der Waals surface area contributed by atoms with Crippen LogP contribution in [-0.2, 0) is 9.59 Å². The molecule has 98 valence electrons. The fraction of sp³-hybridized carbons (Fsp3) is 0.667. The fourth-order valence-corrected chi connectivity index (χ4v) is 1.50. The fourth-order valence-electron chi connectivity index (χ4n) is 1.50. The van der Waals surface area contributed by atoms with Gasteiger partial charge in [0.15, 0.2) is 0 Å². The van der Waals surface area contributed by atoms with E-state index < -0.39 is 5.97 Å².